The summed E-state index contributed by atoms with van der Waals surface area (Å²) in [5, 5.41) is 0. The average Bonchev–Trinajstić information content (AvgIpc) is 1.57. The molecule has 9 heavy (non-hydrogen) atoms. The maximum absolute atomic E-state index is 12.6. The third-order valence-corrected chi connectivity index (χ3v) is 1.81. The maximum atomic E-state index is 12.6. The third kappa shape index (κ3) is 1.23. The molecule has 1 aliphatic rings. The Bertz CT molecular complexity index is 106. The quantitative estimate of drug-likeness (QED) is 0.453. The smallest absolute Gasteiger partial charge is 0.155 e. The number of hydrogen-bond donors (Lipinski definition) is 0. The van der Waals surface area contributed by atoms with Crippen LogP contribution in [0.2, 0.25) is 0 Å². The fraction of sp³-hybridized carbons (Fsp3) is 1.00. The largest absolute Gasteiger partial charge is 0.269 e. The van der Waals surface area contributed by atoms with E-state index in [9.17, 15) is 4.39 Å². The molecule has 0 radical (unpaired) electrons. The molecule has 1 atom stereocenters. The van der Waals surface area contributed by atoms with Gasteiger partial charge < -0.3 is 0 Å². The molecule has 0 aromatic rings. The maximum Gasteiger partial charge on any atom is 0.155 e. The predicted molar refractivity (Wildman–Crippen MR) is 36.0 cm³/mol. The van der Waals surface area contributed by atoms with Crippen molar-refractivity contribution >= 4 is 0 Å². The minimum Gasteiger partial charge on any atom is -0.269 e. The Kier molecular flexibility index (Phi) is 1.51. The molecule has 1 aliphatic heterocycles. The van der Waals surface area contributed by atoms with Gasteiger partial charge >= 0.3 is 0 Å². The summed E-state index contributed by atoms with van der Waals surface area (Å²) < 4.78 is 12.6. The monoisotopic (exact) mass is 131 g/mol. The van der Waals surface area contributed by atoms with Gasteiger partial charge in [-0.15, -0.1) is 0 Å². The van der Waals surface area contributed by atoms with E-state index in [1.807, 2.05) is 25.7 Å². The Morgan fingerprint density at radius 1 is 1.44 bits per heavy atom. The van der Waals surface area contributed by atoms with Gasteiger partial charge in [-0.1, -0.05) is 0 Å². The third-order valence-electron chi connectivity index (χ3n) is 1.81. The number of nitrogens with zero attached hydrogens (tertiary/aromatic N) is 1. The Balaban J connectivity index is 2.44. The summed E-state index contributed by atoms with van der Waals surface area (Å²) in [6, 6.07) is 0. The van der Waals surface area contributed by atoms with Crippen LogP contribution < -0.4 is 0 Å². The summed E-state index contributed by atoms with van der Waals surface area (Å²) in [4.78, 5) is 1.87. The lowest BCUT2D eigenvalue weighted by atomic mass is 10.0. The van der Waals surface area contributed by atoms with Crippen LogP contribution in [-0.2, 0) is 0 Å². The lowest BCUT2D eigenvalue weighted by Gasteiger charge is -2.45. The van der Waals surface area contributed by atoms with E-state index in [4.69, 9.17) is 0 Å². The van der Waals surface area contributed by atoms with Crippen molar-refractivity contribution in [2.24, 2.45) is 0 Å². The summed E-state index contributed by atoms with van der Waals surface area (Å²) in [6.07, 6.45) is 0.0436. The average molecular weight is 131 g/mol. The van der Waals surface area contributed by atoms with Crippen LogP contribution in [-0.4, -0.2) is 23.3 Å². The molecule has 1 fully saturated rings. The van der Waals surface area contributed by atoms with E-state index in [0.717, 1.165) is 13.0 Å². The minimum atomic E-state index is -0.676. The molecular weight excluding hydrogens is 117 g/mol. The molecule has 0 aliphatic carbocycles. The topological polar surface area (TPSA) is 3.24 Å². The zero-order valence-corrected chi connectivity index (χ0v) is 6.32. The van der Waals surface area contributed by atoms with Gasteiger partial charge in [0.15, 0.2) is 6.30 Å². The Morgan fingerprint density at radius 3 is 2.00 bits per heavy atom. The Morgan fingerprint density at radius 2 is 2.00 bits per heavy atom. The van der Waals surface area contributed by atoms with E-state index >= 15 is 0 Å². The molecule has 1 unspecified atom stereocenters. The molecular formula is C7H14FN. The molecule has 1 heterocycles. The zero-order chi connectivity index (χ0) is 7.07. The number of hydrogen-bond acceptors (Lipinski definition) is 1. The molecule has 0 N–H and O–H groups in total. The molecule has 0 spiro atoms. The highest BCUT2D eigenvalue weighted by Crippen LogP contribution is 2.27. The fourth-order valence-corrected chi connectivity index (χ4v) is 1.11. The first-order valence-electron chi connectivity index (χ1n) is 3.42. The highest BCUT2D eigenvalue weighted by Gasteiger charge is 2.35. The van der Waals surface area contributed by atoms with Gasteiger partial charge in [0.2, 0.25) is 0 Å². The van der Waals surface area contributed by atoms with Crippen LogP contribution in [0.5, 0.6) is 0 Å². The molecule has 0 aromatic carbocycles. The van der Waals surface area contributed by atoms with Gasteiger partial charge in [-0.3, -0.25) is 4.90 Å². The first kappa shape index (κ1) is 7.00. The van der Waals surface area contributed by atoms with E-state index < -0.39 is 6.30 Å². The van der Waals surface area contributed by atoms with Crippen molar-refractivity contribution < 1.29 is 4.39 Å². The van der Waals surface area contributed by atoms with E-state index in [1.165, 1.54) is 0 Å². The van der Waals surface area contributed by atoms with Crippen LogP contribution in [0.4, 0.5) is 4.39 Å². The normalized spacial score (nSPS) is 30.0. The van der Waals surface area contributed by atoms with E-state index in [2.05, 4.69) is 0 Å². The summed E-state index contributed by atoms with van der Waals surface area (Å²) in [6.45, 7) is 7.04. The molecule has 54 valence electrons. The van der Waals surface area contributed by atoms with Crippen LogP contribution in [0.25, 0.3) is 0 Å². The summed E-state index contributed by atoms with van der Waals surface area (Å²) in [5.74, 6) is 0. The molecule has 1 rings (SSSR count). The van der Waals surface area contributed by atoms with E-state index in [1.54, 1.807) is 0 Å². The predicted octanol–water partition coefficient (Wildman–Crippen LogP) is 1.79. The molecule has 0 bridgehead atoms. The number of rotatable bonds is 0. The van der Waals surface area contributed by atoms with Crippen LogP contribution >= 0.6 is 0 Å². The highest BCUT2D eigenvalue weighted by atomic mass is 19.1. The van der Waals surface area contributed by atoms with Crippen LogP contribution in [0.15, 0.2) is 0 Å². The Hall–Kier alpha value is -0.110. The lowest BCUT2D eigenvalue weighted by molar-refractivity contribution is -0.0714. The highest BCUT2D eigenvalue weighted by molar-refractivity contribution is 4.85. The minimum absolute atomic E-state index is 0.0255. The number of halogens is 1. The summed E-state index contributed by atoms with van der Waals surface area (Å²) in [5.41, 5.74) is 0.0255. The van der Waals surface area contributed by atoms with Gasteiger partial charge in [-0.25, -0.2) is 4.39 Å². The van der Waals surface area contributed by atoms with E-state index in [0.29, 0.717) is 0 Å². The van der Waals surface area contributed by atoms with Gasteiger partial charge in [0.1, 0.15) is 0 Å². The second kappa shape index (κ2) is 1.94. The first-order chi connectivity index (χ1) is 4.02. The fourth-order valence-electron chi connectivity index (χ4n) is 1.11. The van der Waals surface area contributed by atoms with Gasteiger partial charge in [-0.2, -0.15) is 0 Å². The number of likely N-dealkylation sites (tertiary alicyclic amines) is 1. The standard InChI is InChI=1S/C7H14FN/c1-7(2,3)9-5-4-6(9)8/h6H,4-5H2,1-3H3. The molecule has 0 amide bonds. The van der Waals surface area contributed by atoms with Gasteiger partial charge in [0, 0.05) is 18.5 Å². The molecule has 0 saturated carbocycles. The van der Waals surface area contributed by atoms with Crippen molar-refractivity contribution in [2.75, 3.05) is 6.54 Å². The van der Waals surface area contributed by atoms with Crippen molar-refractivity contribution in [3.63, 3.8) is 0 Å². The van der Waals surface area contributed by atoms with Crippen LogP contribution in [0.3, 0.4) is 0 Å². The van der Waals surface area contributed by atoms with Crippen LogP contribution in [0, 0.1) is 0 Å². The van der Waals surface area contributed by atoms with E-state index in [-0.39, 0.29) is 5.54 Å². The summed E-state index contributed by atoms with van der Waals surface area (Å²) in [7, 11) is 0. The molecule has 1 nitrogen and oxygen atoms in total. The summed E-state index contributed by atoms with van der Waals surface area (Å²) >= 11 is 0. The second-order valence-electron chi connectivity index (χ2n) is 3.59. The molecule has 0 aromatic heterocycles. The van der Waals surface area contributed by atoms with Crippen LogP contribution in [0.1, 0.15) is 27.2 Å². The number of alkyl halides is 1. The molecule has 2 heteroatoms. The van der Waals surface area contributed by atoms with Gasteiger partial charge in [0.25, 0.3) is 0 Å². The Labute approximate surface area is 55.8 Å². The van der Waals surface area contributed by atoms with Crippen molar-refractivity contribution in [3.8, 4) is 0 Å². The lowest BCUT2D eigenvalue weighted by Crippen LogP contribution is -2.54. The van der Waals surface area contributed by atoms with Crippen molar-refractivity contribution in [1.29, 1.82) is 0 Å². The second-order valence-corrected chi connectivity index (χ2v) is 3.59. The van der Waals surface area contributed by atoms with Crippen molar-refractivity contribution in [3.05, 3.63) is 0 Å². The SMILES string of the molecule is CC(C)(C)N1CCC1F. The van der Waals surface area contributed by atoms with Crippen molar-refractivity contribution in [1.82, 2.24) is 4.90 Å². The van der Waals surface area contributed by atoms with Gasteiger partial charge in [-0.05, 0) is 20.8 Å². The molecule has 1 saturated heterocycles. The first-order valence-corrected chi connectivity index (χ1v) is 3.42. The van der Waals surface area contributed by atoms with Crippen molar-refractivity contribution in [2.45, 2.75) is 39.0 Å². The zero-order valence-electron chi connectivity index (χ0n) is 6.32. The van der Waals surface area contributed by atoms with Gasteiger partial charge in [0.05, 0.1) is 0 Å².